The Morgan fingerprint density at radius 1 is 1.08 bits per heavy atom. The smallest absolute Gasteiger partial charge is 0.445 e. The molecule has 0 aromatic carbocycles. The van der Waals surface area contributed by atoms with E-state index in [0.29, 0.717) is 12.4 Å². The van der Waals surface area contributed by atoms with Crippen LogP contribution in [-0.4, -0.2) is 16.9 Å². The summed E-state index contributed by atoms with van der Waals surface area (Å²) in [5.74, 6) is 0. The third-order valence-corrected chi connectivity index (χ3v) is 1.02. The largest absolute Gasteiger partial charge is 1.00 e. The second kappa shape index (κ2) is 4.66. The molecule has 1 heterocycles. The zero-order valence-electron chi connectivity index (χ0n) is 6.14. The maximum absolute atomic E-state index is 11.9. The fourth-order valence-electron chi connectivity index (χ4n) is 0.491. The van der Waals surface area contributed by atoms with Crippen molar-refractivity contribution in [2.24, 2.45) is 0 Å². The Morgan fingerprint density at radius 3 is 1.83 bits per heavy atom. The Labute approximate surface area is 108 Å². The molecular weight excluding hydrogens is 202 g/mol. The van der Waals surface area contributed by atoms with Gasteiger partial charge >= 0.3 is 64.4 Å². The zero-order valence-corrected chi connectivity index (χ0v) is 9.26. The Balaban J connectivity index is 0.00000121. The first-order valence-corrected chi connectivity index (χ1v) is 2.67. The van der Waals surface area contributed by atoms with Crippen molar-refractivity contribution < 1.29 is 68.7 Å². The molecular formula is C4H2BF4KN2. The van der Waals surface area contributed by atoms with Gasteiger partial charge in [0.05, 0.1) is 0 Å². The van der Waals surface area contributed by atoms with Crippen molar-refractivity contribution in [1.82, 2.24) is 9.97 Å². The monoisotopic (exact) mass is 204 g/mol. The number of halogens is 4. The molecule has 0 aliphatic carbocycles. The van der Waals surface area contributed by atoms with E-state index in [2.05, 4.69) is 9.97 Å². The molecule has 2 nitrogen and oxygen atoms in total. The van der Waals surface area contributed by atoms with E-state index in [4.69, 9.17) is 0 Å². The summed E-state index contributed by atoms with van der Waals surface area (Å²) in [6.45, 7) is -5.11. The van der Waals surface area contributed by atoms with Crippen LogP contribution in [0.4, 0.5) is 17.3 Å². The molecule has 0 aliphatic heterocycles. The van der Waals surface area contributed by atoms with Gasteiger partial charge in [0.15, 0.2) is 0 Å². The first kappa shape index (κ1) is 12.5. The minimum absolute atomic E-state index is 0. The molecule has 0 amide bonds. The van der Waals surface area contributed by atoms with Crippen LogP contribution < -0.4 is 56.8 Å². The van der Waals surface area contributed by atoms with Gasteiger partial charge in [0.2, 0.25) is 0 Å². The summed E-state index contributed by atoms with van der Waals surface area (Å²) in [4.78, 5) is 5.53. The molecule has 0 bridgehead atoms. The van der Waals surface area contributed by atoms with Gasteiger partial charge < -0.3 is 12.9 Å². The number of nitrogens with zero attached hydrogens (tertiary/aromatic N) is 2. The van der Waals surface area contributed by atoms with Crippen molar-refractivity contribution in [3.8, 4) is 0 Å². The molecule has 1 aromatic rings. The SMILES string of the molecule is Fc1ncc([B-](F)(F)F)cn1.[K+]. The Hall–Kier alpha value is 0.501. The molecule has 0 aliphatic rings. The maximum Gasteiger partial charge on any atom is 1.00 e. The van der Waals surface area contributed by atoms with Crippen LogP contribution in [0.3, 0.4) is 0 Å². The van der Waals surface area contributed by atoms with Crippen LogP contribution >= 0.6 is 0 Å². The van der Waals surface area contributed by atoms with Crippen molar-refractivity contribution in [3.05, 3.63) is 18.5 Å². The summed E-state index contributed by atoms with van der Waals surface area (Å²) in [6.07, 6.45) is -0.321. The standard InChI is InChI=1S/C4H2BF4N2.K/c6-4-10-1-3(2-11-4)5(7,8)9;/h1-2H;/q-1;+1. The van der Waals surface area contributed by atoms with E-state index in [9.17, 15) is 17.3 Å². The second-order valence-electron chi connectivity index (χ2n) is 1.86. The van der Waals surface area contributed by atoms with Crippen molar-refractivity contribution in [2.75, 3.05) is 0 Å². The normalized spacial score (nSPS) is 10.7. The van der Waals surface area contributed by atoms with Crippen molar-refractivity contribution in [2.45, 2.75) is 0 Å². The van der Waals surface area contributed by atoms with Crippen LogP contribution in [0.1, 0.15) is 0 Å². The number of rotatable bonds is 1. The molecule has 0 saturated heterocycles. The van der Waals surface area contributed by atoms with Gasteiger partial charge in [-0.05, 0) is 0 Å². The molecule has 0 unspecified atom stereocenters. The van der Waals surface area contributed by atoms with Crippen molar-refractivity contribution in [3.63, 3.8) is 0 Å². The molecule has 1 aromatic heterocycles. The van der Waals surface area contributed by atoms with Crippen LogP contribution in [0.15, 0.2) is 12.4 Å². The quantitative estimate of drug-likeness (QED) is 0.291. The number of hydrogen-bond donors (Lipinski definition) is 0. The number of aromatic nitrogens is 2. The minimum atomic E-state index is -5.11. The fraction of sp³-hybridized carbons (Fsp3) is 0. The predicted octanol–water partition coefficient (Wildman–Crippen LogP) is -2.33. The Morgan fingerprint density at radius 2 is 1.50 bits per heavy atom. The molecule has 0 spiro atoms. The van der Waals surface area contributed by atoms with Crippen LogP contribution in [0.5, 0.6) is 0 Å². The van der Waals surface area contributed by atoms with E-state index in [1.165, 1.54) is 0 Å². The molecule has 12 heavy (non-hydrogen) atoms. The van der Waals surface area contributed by atoms with Gasteiger partial charge in [0.1, 0.15) is 0 Å². The second-order valence-corrected chi connectivity index (χ2v) is 1.86. The third kappa shape index (κ3) is 3.48. The molecule has 1 rings (SSSR count). The van der Waals surface area contributed by atoms with Gasteiger partial charge in [0.25, 0.3) is 0 Å². The molecule has 8 heteroatoms. The summed E-state index contributed by atoms with van der Waals surface area (Å²) >= 11 is 0. The van der Waals surface area contributed by atoms with Crippen LogP contribution in [0.2, 0.25) is 0 Å². The van der Waals surface area contributed by atoms with Gasteiger partial charge in [0, 0.05) is 12.4 Å². The van der Waals surface area contributed by atoms with E-state index >= 15 is 0 Å². The summed E-state index contributed by atoms with van der Waals surface area (Å²) in [5, 5.41) is 0. The van der Waals surface area contributed by atoms with Crippen molar-refractivity contribution in [1.29, 1.82) is 0 Å². The van der Waals surface area contributed by atoms with E-state index in [1.54, 1.807) is 0 Å². The van der Waals surface area contributed by atoms with Gasteiger partial charge in [-0.1, -0.05) is 5.46 Å². The molecule has 0 N–H and O–H groups in total. The topological polar surface area (TPSA) is 25.8 Å². The van der Waals surface area contributed by atoms with E-state index in [1.807, 2.05) is 0 Å². The molecule has 0 atom stereocenters. The Kier molecular flexibility index (Phi) is 4.85. The van der Waals surface area contributed by atoms with Crippen molar-refractivity contribution >= 4 is 12.4 Å². The van der Waals surface area contributed by atoms with Crippen LogP contribution in [0, 0.1) is 6.08 Å². The summed E-state index contributed by atoms with van der Waals surface area (Å²) in [6, 6.07) is 0. The average Bonchev–Trinajstić information content (AvgIpc) is 1.86. The summed E-state index contributed by atoms with van der Waals surface area (Å²) < 4.78 is 47.2. The first-order chi connectivity index (χ1) is 5.00. The van der Waals surface area contributed by atoms with E-state index in [0.717, 1.165) is 0 Å². The summed E-state index contributed by atoms with van der Waals surface area (Å²) in [7, 11) is 0. The van der Waals surface area contributed by atoms with Crippen LogP contribution in [-0.2, 0) is 0 Å². The fourth-order valence-corrected chi connectivity index (χ4v) is 0.491. The van der Waals surface area contributed by atoms with Gasteiger partial charge in [-0.15, -0.1) is 0 Å². The van der Waals surface area contributed by atoms with Gasteiger partial charge in [-0.25, -0.2) is 9.97 Å². The molecule has 0 saturated carbocycles. The predicted molar refractivity (Wildman–Crippen MR) is 30.7 cm³/mol. The summed E-state index contributed by atoms with van der Waals surface area (Å²) in [5.41, 5.74) is -0.994. The number of hydrogen-bond acceptors (Lipinski definition) is 2. The van der Waals surface area contributed by atoms with E-state index in [-0.39, 0.29) is 51.4 Å². The minimum Gasteiger partial charge on any atom is -0.445 e. The van der Waals surface area contributed by atoms with Gasteiger partial charge in [-0.2, -0.15) is 4.39 Å². The average molecular weight is 204 g/mol. The van der Waals surface area contributed by atoms with Crippen LogP contribution in [0.25, 0.3) is 0 Å². The third-order valence-electron chi connectivity index (χ3n) is 1.02. The van der Waals surface area contributed by atoms with Gasteiger partial charge in [-0.3, -0.25) is 0 Å². The maximum atomic E-state index is 11.9. The molecule has 0 fully saturated rings. The molecule has 0 radical (unpaired) electrons. The first-order valence-electron chi connectivity index (χ1n) is 2.67. The molecule has 60 valence electrons. The Bertz CT molecular complexity index is 248. The zero-order chi connectivity index (χ0) is 8.48. The van der Waals surface area contributed by atoms with E-state index < -0.39 is 18.5 Å².